The van der Waals surface area contributed by atoms with Gasteiger partial charge in [-0.25, -0.2) is 8.42 Å². The van der Waals surface area contributed by atoms with E-state index in [2.05, 4.69) is 20.3 Å². The lowest BCUT2D eigenvalue weighted by Crippen LogP contribution is -2.44. The number of carbonyl (C=O) groups excluding carboxylic acids is 2. The Kier molecular flexibility index (Phi) is 7.75. The molecule has 3 N–H and O–H groups in total. The quantitative estimate of drug-likeness (QED) is 0.522. The molecule has 1 aromatic carbocycles. The molecule has 1 aliphatic heterocycles. The molecule has 31 heavy (non-hydrogen) atoms. The fraction of sp³-hybridized carbons (Fsp3) is 0.350. The average Bonchev–Trinajstić information content (AvgIpc) is 3.45. The normalized spacial score (nSPS) is 14.5. The van der Waals surface area contributed by atoms with Crippen LogP contribution in [0, 0.1) is 0 Å². The minimum Gasteiger partial charge on any atom is -0.459 e. The molecule has 11 heteroatoms. The van der Waals surface area contributed by atoms with Crippen molar-refractivity contribution in [2.24, 2.45) is 4.99 Å². The molecule has 1 aromatic heterocycles. The number of hydrogen-bond acceptors (Lipinski definition) is 7. The van der Waals surface area contributed by atoms with E-state index >= 15 is 0 Å². The fourth-order valence-electron chi connectivity index (χ4n) is 2.95. The van der Waals surface area contributed by atoms with E-state index in [1.807, 2.05) is 6.26 Å². The summed E-state index contributed by atoms with van der Waals surface area (Å²) in [5.74, 6) is 0.251. The van der Waals surface area contributed by atoms with Crippen LogP contribution in [0.25, 0.3) is 0 Å². The Morgan fingerprint density at radius 2 is 2.10 bits per heavy atom. The monoisotopic (exact) mass is 464 g/mol. The second kappa shape index (κ2) is 10.5. The van der Waals surface area contributed by atoms with Crippen LogP contribution in [-0.2, 0) is 14.8 Å². The maximum Gasteiger partial charge on any atom is 0.287 e. The van der Waals surface area contributed by atoms with Crippen molar-refractivity contribution in [1.29, 1.82) is 0 Å². The van der Waals surface area contributed by atoms with E-state index in [1.165, 1.54) is 24.5 Å². The minimum absolute atomic E-state index is 0.0141. The zero-order chi connectivity index (χ0) is 22.3. The Morgan fingerprint density at radius 1 is 1.26 bits per heavy atom. The Labute approximate surface area is 185 Å². The van der Waals surface area contributed by atoms with E-state index in [-0.39, 0.29) is 10.7 Å². The first-order valence-corrected chi connectivity index (χ1v) is 12.6. The second-order valence-corrected chi connectivity index (χ2v) is 9.51. The molecule has 2 heterocycles. The summed E-state index contributed by atoms with van der Waals surface area (Å²) in [6.45, 7) is 0.606. The van der Waals surface area contributed by atoms with Gasteiger partial charge in [-0.15, -0.1) is 0 Å². The van der Waals surface area contributed by atoms with Crippen molar-refractivity contribution in [3.8, 4) is 0 Å². The van der Waals surface area contributed by atoms with Crippen LogP contribution in [0.2, 0.25) is 0 Å². The molecular weight excluding hydrogens is 440 g/mol. The number of anilines is 1. The summed E-state index contributed by atoms with van der Waals surface area (Å²) >= 11 is 1.55. The molecule has 0 radical (unpaired) electrons. The first-order valence-electron chi connectivity index (χ1n) is 9.69. The number of amidine groups is 1. The largest absolute Gasteiger partial charge is 0.459 e. The highest BCUT2D eigenvalue weighted by atomic mass is 32.2. The van der Waals surface area contributed by atoms with Crippen LogP contribution in [-0.4, -0.2) is 50.7 Å². The van der Waals surface area contributed by atoms with E-state index in [9.17, 15) is 18.0 Å². The Hall–Kier alpha value is -2.79. The van der Waals surface area contributed by atoms with Crippen LogP contribution < -0.4 is 15.4 Å². The molecule has 0 spiro atoms. The summed E-state index contributed by atoms with van der Waals surface area (Å²) in [7, 11) is -3.80. The summed E-state index contributed by atoms with van der Waals surface area (Å²) in [5.41, 5.74) is 0.308. The number of hydrogen-bond donors (Lipinski definition) is 3. The SMILES string of the molecule is CSCCC(NC(=O)c1ccco1)C(=O)Nc1cccc(S(=O)(=O)NC2=NCCC2)c1. The molecular formula is C20H24N4O5S2. The van der Waals surface area contributed by atoms with Crippen molar-refractivity contribution in [1.82, 2.24) is 10.0 Å². The second-order valence-electron chi connectivity index (χ2n) is 6.84. The molecule has 1 atom stereocenters. The van der Waals surface area contributed by atoms with Gasteiger partial charge in [-0.3, -0.25) is 19.3 Å². The lowest BCUT2D eigenvalue weighted by Gasteiger charge is -2.18. The molecule has 1 unspecified atom stereocenters. The molecule has 0 saturated carbocycles. The Balaban J connectivity index is 1.70. The van der Waals surface area contributed by atoms with Gasteiger partial charge >= 0.3 is 0 Å². The van der Waals surface area contributed by atoms with Crippen molar-refractivity contribution >= 4 is 45.1 Å². The molecule has 0 saturated heterocycles. The standard InChI is InChI=1S/C20H24N4O5S2/c1-30-12-9-16(23-20(26)17-7-4-11-29-17)19(25)22-14-5-2-6-15(13-14)31(27,28)24-18-8-3-10-21-18/h2,4-7,11,13,16H,3,8-10,12H2,1H3,(H,21,24)(H,22,25)(H,23,26). The van der Waals surface area contributed by atoms with Crippen LogP contribution in [0.5, 0.6) is 0 Å². The third-order valence-electron chi connectivity index (χ3n) is 4.52. The molecule has 3 rings (SSSR count). The molecule has 2 aromatic rings. The molecule has 1 aliphatic rings. The van der Waals surface area contributed by atoms with Gasteiger partial charge in [0.05, 0.1) is 11.2 Å². The van der Waals surface area contributed by atoms with Crippen LogP contribution >= 0.6 is 11.8 Å². The van der Waals surface area contributed by atoms with E-state index < -0.39 is 27.9 Å². The fourth-order valence-corrected chi connectivity index (χ4v) is 4.55. The van der Waals surface area contributed by atoms with Gasteiger partial charge in [0.25, 0.3) is 15.9 Å². The number of aliphatic imine (C=N–C) groups is 1. The molecule has 0 fully saturated rings. The van der Waals surface area contributed by atoms with Crippen molar-refractivity contribution < 1.29 is 22.4 Å². The molecule has 2 amide bonds. The van der Waals surface area contributed by atoms with Gasteiger partial charge in [-0.1, -0.05) is 6.07 Å². The zero-order valence-electron chi connectivity index (χ0n) is 17.0. The number of benzene rings is 1. The lowest BCUT2D eigenvalue weighted by molar-refractivity contribution is -0.118. The smallest absolute Gasteiger partial charge is 0.287 e. The summed E-state index contributed by atoms with van der Waals surface area (Å²) in [5, 5.41) is 5.35. The Morgan fingerprint density at radius 3 is 2.77 bits per heavy atom. The highest BCUT2D eigenvalue weighted by molar-refractivity contribution is 7.98. The summed E-state index contributed by atoms with van der Waals surface area (Å²) in [6.07, 6.45) is 5.08. The van der Waals surface area contributed by atoms with Gasteiger partial charge < -0.3 is 15.1 Å². The van der Waals surface area contributed by atoms with Crippen LogP contribution in [0.4, 0.5) is 5.69 Å². The van der Waals surface area contributed by atoms with Crippen LogP contribution in [0.1, 0.15) is 29.8 Å². The number of carbonyl (C=O) groups is 2. The molecule has 0 bridgehead atoms. The van der Waals surface area contributed by atoms with Gasteiger partial charge in [-0.05, 0) is 55.2 Å². The van der Waals surface area contributed by atoms with Crippen molar-refractivity contribution in [3.05, 3.63) is 48.4 Å². The van der Waals surface area contributed by atoms with E-state index in [0.717, 1.165) is 6.42 Å². The van der Waals surface area contributed by atoms with Gasteiger partial charge in [0.15, 0.2) is 5.76 Å². The highest BCUT2D eigenvalue weighted by Crippen LogP contribution is 2.17. The third kappa shape index (κ3) is 6.34. The topological polar surface area (TPSA) is 130 Å². The predicted octanol–water partition coefficient (Wildman–Crippen LogP) is 2.24. The maximum absolute atomic E-state index is 12.8. The summed E-state index contributed by atoms with van der Waals surface area (Å²) < 4.78 is 32.8. The third-order valence-corrected chi connectivity index (χ3v) is 6.54. The number of nitrogens with one attached hydrogen (secondary N) is 3. The molecule has 0 aliphatic carbocycles. The first-order chi connectivity index (χ1) is 14.9. The lowest BCUT2D eigenvalue weighted by atomic mass is 10.2. The number of amides is 2. The van der Waals surface area contributed by atoms with Gasteiger partial charge in [-0.2, -0.15) is 11.8 Å². The van der Waals surface area contributed by atoms with Gasteiger partial charge in [0.2, 0.25) is 5.91 Å². The molecule has 9 nitrogen and oxygen atoms in total. The number of thioether (sulfide) groups is 1. The Bertz CT molecular complexity index is 1050. The minimum atomic E-state index is -3.80. The predicted molar refractivity (Wildman–Crippen MR) is 120 cm³/mol. The number of nitrogens with zero attached hydrogens (tertiary/aromatic N) is 1. The van der Waals surface area contributed by atoms with E-state index in [1.54, 1.807) is 30.0 Å². The number of sulfonamides is 1. The van der Waals surface area contributed by atoms with Crippen molar-refractivity contribution in [2.45, 2.75) is 30.2 Å². The zero-order valence-corrected chi connectivity index (χ0v) is 18.6. The van der Waals surface area contributed by atoms with E-state index in [4.69, 9.17) is 4.42 Å². The van der Waals surface area contributed by atoms with E-state index in [0.29, 0.717) is 36.7 Å². The average molecular weight is 465 g/mol. The maximum atomic E-state index is 12.8. The first kappa shape index (κ1) is 22.9. The molecule has 166 valence electrons. The van der Waals surface area contributed by atoms with Crippen molar-refractivity contribution in [2.75, 3.05) is 23.9 Å². The summed E-state index contributed by atoms with van der Waals surface area (Å²) in [6, 6.07) is 8.23. The van der Waals surface area contributed by atoms with Crippen molar-refractivity contribution in [3.63, 3.8) is 0 Å². The number of furan rings is 1. The summed E-state index contributed by atoms with van der Waals surface area (Å²) in [4.78, 5) is 29.2. The highest BCUT2D eigenvalue weighted by Gasteiger charge is 2.23. The van der Waals surface area contributed by atoms with Crippen LogP contribution in [0.3, 0.4) is 0 Å². The van der Waals surface area contributed by atoms with Gasteiger partial charge in [0, 0.05) is 18.7 Å². The number of rotatable bonds is 9. The van der Waals surface area contributed by atoms with Crippen LogP contribution in [0.15, 0.2) is 57.0 Å². The van der Waals surface area contributed by atoms with Gasteiger partial charge in [0.1, 0.15) is 11.9 Å².